The van der Waals surface area contributed by atoms with Crippen LogP contribution in [0.5, 0.6) is 11.6 Å². The maximum atomic E-state index is 11.4. The van der Waals surface area contributed by atoms with Crippen LogP contribution in [0.25, 0.3) is 0 Å². The number of nitrogens with zero attached hydrogens (tertiary/aromatic N) is 3. The monoisotopic (exact) mass is 276 g/mol. The smallest absolute Gasteiger partial charge is 0.356 e. The number of rotatable bonds is 5. The van der Waals surface area contributed by atoms with Gasteiger partial charge in [-0.05, 0) is 18.6 Å². The molecular formula is C13H16N4O3. The lowest BCUT2D eigenvalue weighted by atomic mass is 10.3. The summed E-state index contributed by atoms with van der Waals surface area (Å²) in [5, 5.41) is 4.14. The molecule has 2 aromatic rings. The van der Waals surface area contributed by atoms with Gasteiger partial charge in [-0.2, -0.15) is 5.10 Å². The van der Waals surface area contributed by atoms with Crippen LogP contribution in [0.4, 0.5) is 5.69 Å². The number of esters is 1. The van der Waals surface area contributed by atoms with Gasteiger partial charge >= 0.3 is 5.97 Å². The summed E-state index contributed by atoms with van der Waals surface area (Å²) in [6, 6.07) is 3.03. The molecule has 0 amide bonds. The van der Waals surface area contributed by atoms with Crippen molar-refractivity contribution in [1.29, 1.82) is 0 Å². The van der Waals surface area contributed by atoms with E-state index in [1.807, 2.05) is 0 Å². The minimum Gasteiger partial charge on any atom is -0.464 e. The summed E-state index contributed by atoms with van der Waals surface area (Å²) in [5.74, 6) is 0.125. The van der Waals surface area contributed by atoms with Crippen LogP contribution in [0.2, 0.25) is 0 Å². The standard InChI is InChI=1S/C13H16N4O3/c1-3-6-17-8-9(7-15-17)20-12-10(14)4-5-11(16-12)13(18)19-2/h4-5,7-8H,3,6,14H2,1-2H3. The second-order valence-corrected chi connectivity index (χ2v) is 4.12. The Morgan fingerprint density at radius 1 is 1.45 bits per heavy atom. The van der Waals surface area contributed by atoms with E-state index in [-0.39, 0.29) is 11.6 Å². The first-order valence-corrected chi connectivity index (χ1v) is 6.19. The summed E-state index contributed by atoms with van der Waals surface area (Å²) in [4.78, 5) is 15.5. The largest absolute Gasteiger partial charge is 0.464 e. The van der Waals surface area contributed by atoms with Crippen LogP contribution in [-0.4, -0.2) is 27.8 Å². The highest BCUT2D eigenvalue weighted by Crippen LogP contribution is 2.25. The number of methoxy groups -OCH3 is 1. The number of hydrogen-bond donors (Lipinski definition) is 1. The Balaban J connectivity index is 2.20. The summed E-state index contributed by atoms with van der Waals surface area (Å²) in [7, 11) is 1.29. The van der Waals surface area contributed by atoms with Gasteiger partial charge in [-0.25, -0.2) is 9.78 Å². The van der Waals surface area contributed by atoms with E-state index < -0.39 is 5.97 Å². The Bertz CT molecular complexity index is 609. The lowest BCUT2D eigenvalue weighted by Gasteiger charge is -2.06. The van der Waals surface area contributed by atoms with Crippen LogP contribution in [0, 0.1) is 0 Å². The summed E-state index contributed by atoms with van der Waals surface area (Å²) in [6.45, 7) is 2.86. The second kappa shape index (κ2) is 6.05. The van der Waals surface area contributed by atoms with Crippen molar-refractivity contribution in [2.24, 2.45) is 0 Å². The lowest BCUT2D eigenvalue weighted by Crippen LogP contribution is -2.06. The van der Waals surface area contributed by atoms with Crippen LogP contribution in [0.1, 0.15) is 23.8 Å². The average Bonchev–Trinajstić information content (AvgIpc) is 2.88. The molecule has 7 nitrogen and oxygen atoms in total. The van der Waals surface area contributed by atoms with Crippen LogP contribution < -0.4 is 10.5 Å². The third-order valence-electron chi connectivity index (χ3n) is 2.56. The van der Waals surface area contributed by atoms with Crippen molar-refractivity contribution in [2.75, 3.05) is 12.8 Å². The van der Waals surface area contributed by atoms with Crippen molar-refractivity contribution in [3.05, 3.63) is 30.2 Å². The van der Waals surface area contributed by atoms with E-state index in [9.17, 15) is 4.79 Å². The van der Waals surface area contributed by atoms with Gasteiger partial charge in [0.1, 0.15) is 0 Å². The SMILES string of the molecule is CCCn1cc(Oc2nc(C(=O)OC)ccc2N)cn1. The molecule has 0 aliphatic rings. The maximum Gasteiger partial charge on any atom is 0.356 e. The summed E-state index contributed by atoms with van der Waals surface area (Å²) in [6.07, 6.45) is 4.29. The normalized spacial score (nSPS) is 10.3. The predicted octanol–water partition coefficient (Wildman–Crippen LogP) is 1.85. The second-order valence-electron chi connectivity index (χ2n) is 4.12. The molecule has 0 aromatic carbocycles. The minimum absolute atomic E-state index is 0.137. The average molecular weight is 276 g/mol. The molecule has 0 radical (unpaired) electrons. The Kier molecular flexibility index (Phi) is 4.19. The topological polar surface area (TPSA) is 92.3 Å². The number of hydrogen-bond acceptors (Lipinski definition) is 6. The third kappa shape index (κ3) is 3.05. The van der Waals surface area contributed by atoms with E-state index in [0.29, 0.717) is 11.4 Å². The first kappa shape index (κ1) is 13.9. The zero-order chi connectivity index (χ0) is 14.5. The minimum atomic E-state index is -0.545. The molecule has 20 heavy (non-hydrogen) atoms. The Morgan fingerprint density at radius 2 is 2.25 bits per heavy atom. The van der Waals surface area contributed by atoms with E-state index in [2.05, 4.69) is 21.7 Å². The van der Waals surface area contributed by atoms with Gasteiger partial charge in [0.25, 0.3) is 0 Å². The molecule has 2 N–H and O–H groups in total. The third-order valence-corrected chi connectivity index (χ3v) is 2.56. The molecule has 0 unspecified atom stereocenters. The van der Waals surface area contributed by atoms with Gasteiger partial charge in [0.05, 0.1) is 25.2 Å². The van der Waals surface area contributed by atoms with Crippen molar-refractivity contribution < 1.29 is 14.3 Å². The fourth-order valence-corrected chi connectivity index (χ4v) is 1.61. The number of carbonyl (C=O) groups excluding carboxylic acids is 1. The number of aromatic nitrogens is 3. The van der Waals surface area contributed by atoms with Gasteiger partial charge in [0.2, 0.25) is 5.88 Å². The number of nitrogen functional groups attached to an aromatic ring is 1. The molecule has 2 heterocycles. The maximum absolute atomic E-state index is 11.4. The summed E-state index contributed by atoms with van der Waals surface area (Å²) < 4.78 is 11.9. The highest BCUT2D eigenvalue weighted by Gasteiger charge is 2.12. The quantitative estimate of drug-likeness (QED) is 0.838. The first-order valence-electron chi connectivity index (χ1n) is 6.19. The number of carbonyl (C=O) groups is 1. The zero-order valence-corrected chi connectivity index (χ0v) is 11.4. The Morgan fingerprint density at radius 3 is 2.95 bits per heavy atom. The molecular weight excluding hydrogens is 260 g/mol. The number of aryl methyl sites for hydroxylation is 1. The zero-order valence-electron chi connectivity index (χ0n) is 11.4. The lowest BCUT2D eigenvalue weighted by molar-refractivity contribution is 0.0593. The summed E-state index contributed by atoms with van der Waals surface area (Å²) in [5.41, 5.74) is 6.25. The highest BCUT2D eigenvalue weighted by atomic mass is 16.5. The van der Waals surface area contributed by atoms with Crippen molar-refractivity contribution in [1.82, 2.24) is 14.8 Å². The number of ether oxygens (including phenoxy) is 2. The van der Waals surface area contributed by atoms with Crippen LogP contribution in [0.3, 0.4) is 0 Å². The van der Waals surface area contributed by atoms with Crippen molar-refractivity contribution in [3.63, 3.8) is 0 Å². The molecule has 0 bridgehead atoms. The number of pyridine rings is 1. The van der Waals surface area contributed by atoms with Crippen molar-refractivity contribution in [3.8, 4) is 11.6 Å². The molecule has 2 rings (SSSR count). The van der Waals surface area contributed by atoms with E-state index >= 15 is 0 Å². The van der Waals surface area contributed by atoms with E-state index in [4.69, 9.17) is 10.5 Å². The molecule has 0 aliphatic carbocycles. The van der Waals surface area contributed by atoms with Gasteiger partial charge in [-0.15, -0.1) is 0 Å². The number of nitrogens with two attached hydrogens (primary N) is 1. The predicted molar refractivity (Wildman–Crippen MR) is 72.6 cm³/mol. The van der Waals surface area contributed by atoms with Crippen LogP contribution >= 0.6 is 0 Å². The van der Waals surface area contributed by atoms with Gasteiger partial charge in [-0.1, -0.05) is 6.92 Å². The fourth-order valence-electron chi connectivity index (χ4n) is 1.61. The van der Waals surface area contributed by atoms with Crippen molar-refractivity contribution in [2.45, 2.75) is 19.9 Å². The van der Waals surface area contributed by atoms with Crippen LogP contribution in [-0.2, 0) is 11.3 Å². The van der Waals surface area contributed by atoms with E-state index in [1.54, 1.807) is 23.1 Å². The summed E-state index contributed by atoms with van der Waals surface area (Å²) >= 11 is 0. The Labute approximate surface area is 116 Å². The number of anilines is 1. The van der Waals surface area contributed by atoms with E-state index in [1.165, 1.54) is 13.2 Å². The molecule has 0 fully saturated rings. The van der Waals surface area contributed by atoms with Gasteiger partial charge in [-0.3, -0.25) is 4.68 Å². The molecule has 0 saturated heterocycles. The van der Waals surface area contributed by atoms with Gasteiger partial charge in [0.15, 0.2) is 11.4 Å². The molecule has 2 aromatic heterocycles. The fraction of sp³-hybridized carbons (Fsp3) is 0.308. The van der Waals surface area contributed by atoms with E-state index in [0.717, 1.165) is 13.0 Å². The van der Waals surface area contributed by atoms with Crippen LogP contribution in [0.15, 0.2) is 24.5 Å². The Hall–Kier alpha value is -2.57. The highest BCUT2D eigenvalue weighted by molar-refractivity contribution is 5.87. The molecule has 0 saturated carbocycles. The van der Waals surface area contributed by atoms with Gasteiger partial charge < -0.3 is 15.2 Å². The first-order chi connectivity index (χ1) is 9.63. The molecule has 7 heteroatoms. The molecule has 106 valence electrons. The van der Waals surface area contributed by atoms with Crippen molar-refractivity contribution >= 4 is 11.7 Å². The molecule has 0 spiro atoms. The molecule has 0 aliphatic heterocycles. The van der Waals surface area contributed by atoms with Gasteiger partial charge in [0, 0.05) is 6.54 Å². The molecule has 0 atom stereocenters.